The fourth-order valence-corrected chi connectivity index (χ4v) is 0.787. The highest BCUT2D eigenvalue weighted by molar-refractivity contribution is 5.85. The molecular weight excluding hydrogens is 214 g/mol. The van der Waals surface area contributed by atoms with Crippen LogP contribution in [-0.4, -0.2) is 54.1 Å². The quantitative estimate of drug-likeness (QED) is 0.579. The van der Waals surface area contributed by atoms with Gasteiger partial charge in [-0.15, -0.1) is 0 Å². The van der Waals surface area contributed by atoms with Crippen LogP contribution in [0.15, 0.2) is 0 Å². The Hall–Kier alpha value is -1.79. The van der Waals surface area contributed by atoms with E-state index < -0.39 is 18.5 Å². The van der Waals surface area contributed by atoms with E-state index in [4.69, 9.17) is 5.11 Å². The van der Waals surface area contributed by atoms with E-state index in [1.807, 2.05) is 13.8 Å². The van der Waals surface area contributed by atoms with Gasteiger partial charge in [-0.3, -0.25) is 9.59 Å². The highest BCUT2D eigenvalue weighted by atomic mass is 16.4. The molecule has 0 bridgehead atoms. The summed E-state index contributed by atoms with van der Waals surface area (Å²) in [4.78, 5) is 34.0. The molecule has 0 saturated carbocycles. The number of carbonyl (C=O) groups excluding carboxylic acids is 2. The van der Waals surface area contributed by atoms with Crippen molar-refractivity contribution in [3.63, 3.8) is 0 Å². The third kappa shape index (κ3) is 5.84. The third-order valence-corrected chi connectivity index (χ3v) is 1.97. The summed E-state index contributed by atoms with van der Waals surface area (Å²) in [6, 6.07) is -0.621. The maximum absolute atomic E-state index is 11.4. The standard InChI is InChI=1S/C9H17N3O4/c1-6(2)12(3)7(13)4-10-9(16)11-5-8(14)15/h6H,4-5H2,1-3H3,(H,14,15)(H2,10,11,16). The average Bonchev–Trinajstić information content (AvgIpc) is 2.21. The second-order valence-electron chi connectivity index (χ2n) is 3.53. The van der Waals surface area contributed by atoms with E-state index in [0.29, 0.717) is 0 Å². The molecule has 0 aliphatic heterocycles. The number of rotatable bonds is 5. The van der Waals surface area contributed by atoms with Crippen molar-refractivity contribution >= 4 is 17.9 Å². The van der Waals surface area contributed by atoms with E-state index in [-0.39, 0.29) is 18.5 Å². The molecule has 0 heterocycles. The molecule has 7 nitrogen and oxygen atoms in total. The summed E-state index contributed by atoms with van der Waals surface area (Å²) >= 11 is 0. The first-order chi connectivity index (χ1) is 7.34. The number of hydrogen-bond donors (Lipinski definition) is 3. The molecule has 0 aliphatic rings. The van der Waals surface area contributed by atoms with Gasteiger partial charge in [-0.05, 0) is 13.8 Å². The highest BCUT2D eigenvalue weighted by Crippen LogP contribution is 1.92. The minimum absolute atomic E-state index is 0.0522. The van der Waals surface area contributed by atoms with Crippen LogP contribution in [0.25, 0.3) is 0 Å². The second kappa shape index (κ2) is 6.65. The lowest BCUT2D eigenvalue weighted by Crippen LogP contribution is -2.45. The predicted octanol–water partition coefficient (Wildman–Crippen LogP) is -0.763. The van der Waals surface area contributed by atoms with Crippen molar-refractivity contribution in [2.75, 3.05) is 20.1 Å². The Kier molecular flexibility index (Phi) is 5.91. The van der Waals surface area contributed by atoms with Crippen molar-refractivity contribution < 1.29 is 19.5 Å². The second-order valence-corrected chi connectivity index (χ2v) is 3.53. The zero-order valence-corrected chi connectivity index (χ0v) is 9.61. The Morgan fingerprint density at radius 3 is 2.12 bits per heavy atom. The molecule has 0 radical (unpaired) electrons. The van der Waals surface area contributed by atoms with Gasteiger partial charge in [0, 0.05) is 13.1 Å². The summed E-state index contributed by atoms with van der Waals surface area (Å²) < 4.78 is 0. The molecule has 3 amide bonds. The van der Waals surface area contributed by atoms with Gasteiger partial charge in [0.15, 0.2) is 0 Å². The molecule has 0 aromatic rings. The number of likely N-dealkylation sites (N-methyl/N-ethyl adjacent to an activating group) is 1. The number of nitrogens with one attached hydrogen (secondary N) is 2. The number of amides is 3. The predicted molar refractivity (Wildman–Crippen MR) is 56.9 cm³/mol. The molecular formula is C9H17N3O4. The molecule has 0 spiro atoms. The third-order valence-electron chi connectivity index (χ3n) is 1.97. The van der Waals surface area contributed by atoms with Crippen LogP contribution in [-0.2, 0) is 9.59 Å². The van der Waals surface area contributed by atoms with Gasteiger partial charge >= 0.3 is 12.0 Å². The normalized spacial score (nSPS) is 9.75. The molecule has 92 valence electrons. The monoisotopic (exact) mass is 231 g/mol. The van der Waals surface area contributed by atoms with Crippen molar-refractivity contribution in [3.8, 4) is 0 Å². The first-order valence-corrected chi connectivity index (χ1v) is 4.83. The molecule has 0 atom stereocenters. The van der Waals surface area contributed by atoms with Crippen LogP contribution in [0.3, 0.4) is 0 Å². The molecule has 0 aromatic carbocycles. The van der Waals surface area contributed by atoms with Crippen LogP contribution in [0.2, 0.25) is 0 Å². The van der Waals surface area contributed by atoms with E-state index in [1.54, 1.807) is 7.05 Å². The Labute approximate surface area is 93.8 Å². The molecule has 0 unspecified atom stereocenters. The summed E-state index contributed by atoms with van der Waals surface area (Å²) in [5, 5.41) is 12.6. The lowest BCUT2D eigenvalue weighted by Gasteiger charge is -2.21. The van der Waals surface area contributed by atoms with Gasteiger partial charge in [-0.1, -0.05) is 0 Å². The zero-order valence-electron chi connectivity index (χ0n) is 9.61. The summed E-state index contributed by atoms with van der Waals surface area (Å²) in [5.41, 5.74) is 0. The van der Waals surface area contributed by atoms with Gasteiger partial charge in [-0.25, -0.2) is 4.79 Å². The number of aliphatic carboxylic acids is 1. The van der Waals surface area contributed by atoms with E-state index in [0.717, 1.165) is 0 Å². The highest BCUT2D eigenvalue weighted by Gasteiger charge is 2.12. The Balaban J connectivity index is 3.83. The van der Waals surface area contributed by atoms with Gasteiger partial charge < -0.3 is 20.6 Å². The van der Waals surface area contributed by atoms with Crippen molar-refractivity contribution in [3.05, 3.63) is 0 Å². The average molecular weight is 231 g/mol. The van der Waals surface area contributed by atoms with E-state index in [9.17, 15) is 14.4 Å². The van der Waals surface area contributed by atoms with Crippen LogP contribution in [0.4, 0.5) is 4.79 Å². The minimum atomic E-state index is -1.14. The fraction of sp³-hybridized carbons (Fsp3) is 0.667. The summed E-state index contributed by atoms with van der Waals surface area (Å²) in [6.45, 7) is 3.07. The van der Waals surface area contributed by atoms with E-state index in [2.05, 4.69) is 10.6 Å². The molecule has 0 aromatic heterocycles. The smallest absolute Gasteiger partial charge is 0.323 e. The van der Waals surface area contributed by atoms with Gasteiger partial charge in [0.1, 0.15) is 6.54 Å². The van der Waals surface area contributed by atoms with Gasteiger partial charge in [0.25, 0.3) is 0 Å². The Bertz CT molecular complexity index is 278. The van der Waals surface area contributed by atoms with Crippen LogP contribution in [0.1, 0.15) is 13.8 Å². The van der Waals surface area contributed by atoms with Crippen molar-refractivity contribution in [1.82, 2.24) is 15.5 Å². The summed E-state index contributed by atoms with van der Waals surface area (Å²) in [7, 11) is 1.63. The van der Waals surface area contributed by atoms with Crippen LogP contribution in [0.5, 0.6) is 0 Å². The van der Waals surface area contributed by atoms with Crippen LogP contribution in [0, 0.1) is 0 Å². The summed E-state index contributed by atoms with van der Waals surface area (Å²) in [6.07, 6.45) is 0. The van der Waals surface area contributed by atoms with E-state index in [1.165, 1.54) is 4.90 Å². The molecule has 0 fully saturated rings. The van der Waals surface area contributed by atoms with Crippen molar-refractivity contribution in [2.45, 2.75) is 19.9 Å². The molecule has 7 heteroatoms. The first-order valence-electron chi connectivity index (χ1n) is 4.83. The van der Waals surface area contributed by atoms with Crippen molar-refractivity contribution in [1.29, 1.82) is 0 Å². The Morgan fingerprint density at radius 1 is 1.19 bits per heavy atom. The number of carbonyl (C=O) groups is 3. The number of urea groups is 1. The lowest BCUT2D eigenvalue weighted by molar-refractivity contribution is -0.135. The fourth-order valence-electron chi connectivity index (χ4n) is 0.787. The van der Waals surface area contributed by atoms with Crippen LogP contribution >= 0.6 is 0 Å². The van der Waals surface area contributed by atoms with Crippen LogP contribution < -0.4 is 10.6 Å². The topological polar surface area (TPSA) is 98.7 Å². The number of hydrogen-bond acceptors (Lipinski definition) is 3. The largest absolute Gasteiger partial charge is 0.480 e. The number of nitrogens with zero attached hydrogens (tertiary/aromatic N) is 1. The number of carboxylic acid groups (broad SMARTS) is 1. The number of carboxylic acids is 1. The van der Waals surface area contributed by atoms with Gasteiger partial charge in [0.2, 0.25) is 5.91 Å². The molecule has 0 rings (SSSR count). The minimum Gasteiger partial charge on any atom is -0.480 e. The Morgan fingerprint density at radius 2 is 1.69 bits per heavy atom. The van der Waals surface area contributed by atoms with E-state index >= 15 is 0 Å². The molecule has 0 aliphatic carbocycles. The maximum atomic E-state index is 11.4. The van der Waals surface area contributed by atoms with Gasteiger partial charge in [-0.2, -0.15) is 0 Å². The van der Waals surface area contributed by atoms with Crippen molar-refractivity contribution in [2.24, 2.45) is 0 Å². The summed E-state index contributed by atoms with van der Waals surface area (Å²) in [5.74, 6) is -1.37. The molecule has 3 N–H and O–H groups in total. The lowest BCUT2D eigenvalue weighted by atomic mass is 10.3. The SMILES string of the molecule is CC(C)N(C)C(=O)CNC(=O)NCC(=O)O. The first kappa shape index (κ1) is 14.2. The molecule has 0 saturated heterocycles. The zero-order chi connectivity index (χ0) is 12.7. The maximum Gasteiger partial charge on any atom is 0.323 e. The molecule has 16 heavy (non-hydrogen) atoms. The van der Waals surface area contributed by atoms with Gasteiger partial charge in [0.05, 0.1) is 6.54 Å².